The Morgan fingerprint density at radius 3 is 2.76 bits per heavy atom. The first-order valence-electron chi connectivity index (χ1n) is 6.28. The fourth-order valence-corrected chi connectivity index (χ4v) is 2.43. The van der Waals surface area contributed by atoms with Gasteiger partial charge < -0.3 is 9.84 Å². The van der Waals surface area contributed by atoms with Crippen molar-refractivity contribution in [3.05, 3.63) is 29.8 Å². The van der Waals surface area contributed by atoms with Gasteiger partial charge in [0.25, 0.3) is 0 Å². The summed E-state index contributed by atoms with van der Waals surface area (Å²) >= 11 is 0. The minimum Gasteiger partial charge on any atom is -0.497 e. The van der Waals surface area contributed by atoms with Crippen molar-refractivity contribution >= 4 is 0 Å². The molecule has 1 aliphatic heterocycles. The van der Waals surface area contributed by atoms with E-state index in [1.165, 1.54) is 12.0 Å². The highest BCUT2D eigenvalue weighted by Gasteiger charge is 2.18. The number of benzene rings is 1. The zero-order valence-corrected chi connectivity index (χ0v) is 10.4. The van der Waals surface area contributed by atoms with Gasteiger partial charge in [-0.05, 0) is 43.0 Å². The van der Waals surface area contributed by atoms with Gasteiger partial charge in [0.15, 0.2) is 0 Å². The molecule has 1 atom stereocenters. The van der Waals surface area contributed by atoms with Crippen LogP contribution in [0.25, 0.3) is 0 Å². The average molecular weight is 235 g/mol. The fourth-order valence-electron chi connectivity index (χ4n) is 2.43. The van der Waals surface area contributed by atoms with E-state index in [1.54, 1.807) is 7.11 Å². The number of aliphatic hydroxyl groups is 1. The zero-order chi connectivity index (χ0) is 12.1. The molecule has 1 aromatic rings. The maximum absolute atomic E-state index is 9.20. The van der Waals surface area contributed by atoms with E-state index in [1.807, 2.05) is 12.1 Å². The topological polar surface area (TPSA) is 32.7 Å². The van der Waals surface area contributed by atoms with Gasteiger partial charge in [0.05, 0.1) is 7.11 Å². The van der Waals surface area contributed by atoms with Gasteiger partial charge in [-0.1, -0.05) is 12.1 Å². The van der Waals surface area contributed by atoms with Gasteiger partial charge in [-0.15, -0.1) is 0 Å². The van der Waals surface area contributed by atoms with Crippen LogP contribution in [0.2, 0.25) is 0 Å². The summed E-state index contributed by atoms with van der Waals surface area (Å²) in [6.07, 6.45) is 2.36. The lowest BCUT2D eigenvalue weighted by molar-refractivity contribution is 0.116. The van der Waals surface area contributed by atoms with Crippen molar-refractivity contribution in [1.82, 2.24) is 4.90 Å². The van der Waals surface area contributed by atoms with Crippen LogP contribution in [0.4, 0.5) is 0 Å². The van der Waals surface area contributed by atoms with Gasteiger partial charge in [0, 0.05) is 19.7 Å². The smallest absolute Gasteiger partial charge is 0.118 e. The summed E-state index contributed by atoms with van der Waals surface area (Å²) in [6.45, 7) is 3.45. The summed E-state index contributed by atoms with van der Waals surface area (Å²) in [5.41, 5.74) is 1.31. The molecule has 1 aromatic carbocycles. The number of nitrogens with zero attached hydrogens (tertiary/aromatic N) is 1. The predicted octanol–water partition coefficient (Wildman–Crippen LogP) is 1.90. The van der Waals surface area contributed by atoms with Gasteiger partial charge in [-0.25, -0.2) is 0 Å². The number of hydrogen-bond donors (Lipinski definition) is 1. The minimum absolute atomic E-state index is 0.319. The molecule has 0 aliphatic carbocycles. The van der Waals surface area contributed by atoms with Crippen LogP contribution >= 0.6 is 0 Å². The lowest BCUT2D eigenvalue weighted by atomic mass is 9.98. The zero-order valence-electron chi connectivity index (χ0n) is 10.4. The molecule has 3 heteroatoms. The molecule has 2 rings (SSSR count). The third kappa shape index (κ3) is 3.45. The van der Waals surface area contributed by atoms with Crippen molar-refractivity contribution in [1.29, 1.82) is 0 Å². The number of rotatable bonds is 4. The Morgan fingerprint density at radius 1 is 1.35 bits per heavy atom. The lowest BCUT2D eigenvalue weighted by Gasteiger charge is -2.31. The van der Waals surface area contributed by atoms with Gasteiger partial charge in [-0.3, -0.25) is 4.90 Å². The molecule has 0 unspecified atom stereocenters. The summed E-state index contributed by atoms with van der Waals surface area (Å²) in [4.78, 5) is 2.42. The second-order valence-electron chi connectivity index (χ2n) is 4.77. The van der Waals surface area contributed by atoms with E-state index in [0.29, 0.717) is 12.5 Å². The second-order valence-corrected chi connectivity index (χ2v) is 4.77. The Balaban J connectivity index is 1.90. The SMILES string of the molecule is COc1ccc(CN2CCC[C@H](CO)C2)cc1. The number of piperidine rings is 1. The molecule has 0 radical (unpaired) electrons. The monoisotopic (exact) mass is 235 g/mol. The molecule has 1 heterocycles. The van der Waals surface area contributed by atoms with Crippen molar-refractivity contribution in [3.8, 4) is 5.75 Å². The number of hydrogen-bond acceptors (Lipinski definition) is 3. The highest BCUT2D eigenvalue weighted by Crippen LogP contribution is 2.19. The molecule has 0 aromatic heterocycles. The largest absolute Gasteiger partial charge is 0.497 e. The van der Waals surface area contributed by atoms with Crippen molar-refractivity contribution in [3.63, 3.8) is 0 Å². The second kappa shape index (κ2) is 6.03. The van der Waals surface area contributed by atoms with Crippen LogP contribution in [0.3, 0.4) is 0 Å². The van der Waals surface area contributed by atoms with Gasteiger partial charge in [0.2, 0.25) is 0 Å². The Morgan fingerprint density at radius 2 is 2.12 bits per heavy atom. The molecule has 1 saturated heterocycles. The van der Waals surface area contributed by atoms with Crippen LogP contribution in [0.15, 0.2) is 24.3 Å². The normalized spacial score (nSPS) is 21.4. The van der Waals surface area contributed by atoms with Crippen LogP contribution < -0.4 is 4.74 Å². The van der Waals surface area contributed by atoms with Crippen LogP contribution in [-0.2, 0) is 6.54 Å². The number of ether oxygens (including phenoxy) is 1. The highest BCUT2D eigenvalue weighted by molar-refractivity contribution is 5.27. The maximum Gasteiger partial charge on any atom is 0.118 e. The standard InChI is InChI=1S/C14H21NO2/c1-17-14-6-4-12(5-7-14)9-15-8-2-3-13(10-15)11-16/h4-7,13,16H,2-3,8-11H2,1H3/t13-/m0/s1. The molecule has 1 aliphatic rings. The molecule has 1 N–H and O–H groups in total. The highest BCUT2D eigenvalue weighted by atomic mass is 16.5. The van der Waals surface area contributed by atoms with E-state index in [-0.39, 0.29) is 0 Å². The Bertz CT molecular complexity index is 337. The number of aliphatic hydroxyl groups excluding tert-OH is 1. The van der Waals surface area contributed by atoms with E-state index < -0.39 is 0 Å². The fraction of sp³-hybridized carbons (Fsp3) is 0.571. The minimum atomic E-state index is 0.319. The van der Waals surface area contributed by atoms with Crippen molar-refractivity contribution in [2.75, 3.05) is 26.8 Å². The molecule has 0 saturated carbocycles. The molecule has 1 fully saturated rings. The quantitative estimate of drug-likeness (QED) is 0.865. The van der Waals surface area contributed by atoms with Gasteiger partial charge in [0.1, 0.15) is 5.75 Å². The molecule has 0 amide bonds. The van der Waals surface area contributed by atoms with Gasteiger partial charge >= 0.3 is 0 Å². The Kier molecular flexibility index (Phi) is 4.40. The van der Waals surface area contributed by atoms with Crippen LogP contribution in [0.5, 0.6) is 5.75 Å². The molecular weight excluding hydrogens is 214 g/mol. The molecule has 0 spiro atoms. The summed E-state index contributed by atoms with van der Waals surface area (Å²) in [7, 11) is 1.69. The van der Waals surface area contributed by atoms with Crippen LogP contribution in [-0.4, -0.2) is 36.8 Å². The molecule has 3 nitrogen and oxygen atoms in total. The summed E-state index contributed by atoms with van der Waals surface area (Å²) < 4.78 is 5.15. The first kappa shape index (κ1) is 12.4. The third-order valence-electron chi connectivity index (χ3n) is 3.43. The summed E-state index contributed by atoms with van der Waals surface area (Å²) in [5.74, 6) is 1.36. The Hall–Kier alpha value is -1.06. The first-order valence-corrected chi connectivity index (χ1v) is 6.28. The lowest BCUT2D eigenvalue weighted by Crippen LogP contribution is -2.36. The van der Waals surface area contributed by atoms with E-state index in [9.17, 15) is 5.11 Å². The van der Waals surface area contributed by atoms with Crippen LogP contribution in [0.1, 0.15) is 18.4 Å². The molecule has 17 heavy (non-hydrogen) atoms. The van der Waals surface area contributed by atoms with E-state index in [2.05, 4.69) is 17.0 Å². The van der Waals surface area contributed by atoms with E-state index in [4.69, 9.17) is 4.74 Å². The molecule has 0 bridgehead atoms. The van der Waals surface area contributed by atoms with E-state index in [0.717, 1.165) is 31.8 Å². The predicted molar refractivity (Wildman–Crippen MR) is 68.1 cm³/mol. The van der Waals surface area contributed by atoms with Crippen molar-refractivity contribution in [2.24, 2.45) is 5.92 Å². The van der Waals surface area contributed by atoms with Crippen molar-refractivity contribution < 1.29 is 9.84 Å². The average Bonchev–Trinajstić information content (AvgIpc) is 2.40. The molecule has 94 valence electrons. The van der Waals surface area contributed by atoms with Crippen LogP contribution in [0, 0.1) is 5.92 Å². The van der Waals surface area contributed by atoms with E-state index >= 15 is 0 Å². The summed E-state index contributed by atoms with van der Waals surface area (Å²) in [6, 6.07) is 8.23. The van der Waals surface area contributed by atoms with Gasteiger partial charge in [-0.2, -0.15) is 0 Å². The van der Waals surface area contributed by atoms with Crippen molar-refractivity contribution in [2.45, 2.75) is 19.4 Å². The number of methoxy groups -OCH3 is 1. The summed E-state index contributed by atoms with van der Waals surface area (Å²) in [5, 5.41) is 9.20. The maximum atomic E-state index is 9.20. The third-order valence-corrected chi connectivity index (χ3v) is 3.43. The molecular formula is C14H21NO2. The Labute approximate surface area is 103 Å². The number of likely N-dealkylation sites (tertiary alicyclic amines) is 1. The first-order chi connectivity index (χ1) is 8.31.